The van der Waals surface area contributed by atoms with Crippen molar-refractivity contribution in [2.45, 2.75) is 9.79 Å². The van der Waals surface area contributed by atoms with Gasteiger partial charge >= 0.3 is 0 Å². The maximum absolute atomic E-state index is 13.1. The van der Waals surface area contributed by atoms with E-state index in [2.05, 4.69) is 14.9 Å². The number of piperazine rings is 1. The normalized spacial score (nSPS) is 17.2. The zero-order valence-corrected chi connectivity index (χ0v) is 16.0. The first-order valence-electron chi connectivity index (χ1n) is 8.27. The van der Waals surface area contributed by atoms with Crippen LogP contribution in [0.15, 0.2) is 56.9 Å². The number of halogens is 1. The van der Waals surface area contributed by atoms with Crippen LogP contribution in [0.3, 0.4) is 0 Å². The minimum atomic E-state index is -3.90. The second-order valence-corrected chi connectivity index (χ2v) is 9.99. The molecule has 2 heterocycles. The molecule has 9 nitrogen and oxygen atoms in total. The average molecular weight is 426 g/mol. The first-order valence-corrected chi connectivity index (χ1v) is 11.2. The summed E-state index contributed by atoms with van der Waals surface area (Å²) in [6, 6.07) is 9.04. The molecule has 12 heteroatoms. The molecule has 0 amide bonds. The fourth-order valence-corrected chi connectivity index (χ4v) is 6.02. The maximum Gasteiger partial charge on any atom is 0.245 e. The molecular formula is C16H15FN4O5S2. The van der Waals surface area contributed by atoms with Crippen molar-refractivity contribution in [2.75, 3.05) is 26.2 Å². The largest absolute Gasteiger partial charge is 0.245 e. The van der Waals surface area contributed by atoms with Gasteiger partial charge in [-0.1, -0.05) is 6.07 Å². The smallest absolute Gasteiger partial charge is 0.243 e. The molecule has 0 N–H and O–H groups in total. The van der Waals surface area contributed by atoms with Crippen LogP contribution in [0.5, 0.6) is 0 Å². The van der Waals surface area contributed by atoms with E-state index in [1.54, 1.807) is 6.07 Å². The standard InChI is InChI=1S/C16H15FN4O5S2/c17-12-4-6-13(7-5-12)27(22,23)20-8-10-21(11-9-20)28(24,25)15-3-1-2-14-16(15)19-26-18-14/h1-7H,8-11H2. The molecule has 0 bridgehead atoms. The molecule has 0 spiro atoms. The van der Waals surface area contributed by atoms with Crippen LogP contribution in [0.2, 0.25) is 0 Å². The van der Waals surface area contributed by atoms with E-state index in [1.165, 1.54) is 32.9 Å². The average Bonchev–Trinajstić information content (AvgIpc) is 3.17. The van der Waals surface area contributed by atoms with Crippen LogP contribution in [0.25, 0.3) is 11.0 Å². The molecule has 0 radical (unpaired) electrons. The third-order valence-corrected chi connectivity index (χ3v) is 8.36. The molecule has 28 heavy (non-hydrogen) atoms. The van der Waals surface area contributed by atoms with Gasteiger partial charge in [-0.15, -0.1) is 0 Å². The van der Waals surface area contributed by atoms with Crippen LogP contribution >= 0.6 is 0 Å². The monoisotopic (exact) mass is 426 g/mol. The molecule has 2 aromatic carbocycles. The summed E-state index contributed by atoms with van der Waals surface area (Å²) in [6.45, 7) is -0.0905. The molecule has 0 unspecified atom stereocenters. The van der Waals surface area contributed by atoms with Crippen molar-refractivity contribution < 1.29 is 25.9 Å². The van der Waals surface area contributed by atoms with Gasteiger partial charge in [-0.05, 0) is 46.7 Å². The lowest BCUT2D eigenvalue weighted by Crippen LogP contribution is -2.50. The lowest BCUT2D eigenvalue weighted by Gasteiger charge is -2.33. The lowest BCUT2D eigenvalue weighted by molar-refractivity contribution is 0.273. The van der Waals surface area contributed by atoms with Gasteiger partial charge in [-0.25, -0.2) is 25.9 Å². The number of rotatable bonds is 4. The Morgan fingerprint density at radius 1 is 0.821 bits per heavy atom. The maximum atomic E-state index is 13.1. The second-order valence-electron chi connectivity index (χ2n) is 6.15. The van der Waals surface area contributed by atoms with Gasteiger partial charge in [0.2, 0.25) is 20.0 Å². The van der Waals surface area contributed by atoms with Crippen LogP contribution in [-0.2, 0) is 20.0 Å². The summed E-state index contributed by atoms with van der Waals surface area (Å²) in [5, 5.41) is 7.29. The molecule has 4 rings (SSSR count). The SMILES string of the molecule is O=S(=O)(c1ccc(F)cc1)N1CCN(S(=O)(=O)c2cccc3nonc23)CC1. The predicted molar refractivity (Wildman–Crippen MR) is 95.7 cm³/mol. The number of aromatic nitrogens is 2. The summed E-state index contributed by atoms with van der Waals surface area (Å²) in [5.74, 6) is -0.536. The van der Waals surface area contributed by atoms with E-state index in [1.807, 2.05) is 0 Å². The number of hydrogen-bond donors (Lipinski definition) is 0. The minimum Gasteiger partial charge on any atom is -0.243 e. The molecule has 148 valence electrons. The van der Waals surface area contributed by atoms with E-state index < -0.39 is 25.9 Å². The van der Waals surface area contributed by atoms with Gasteiger partial charge in [0.25, 0.3) is 0 Å². The van der Waals surface area contributed by atoms with Crippen LogP contribution in [0, 0.1) is 5.82 Å². The van der Waals surface area contributed by atoms with Gasteiger partial charge in [-0.3, -0.25) is 0 Å². The summed E-state index contributed by atoms with van der Waals surface area (Å²) in [5.41, 5.74) is 0.447. The van der Waals surface area contributed by atoms with Gasteiger partial charge in [-0.2, -0.15) is 8.61 Å². The first-order chi connectivity index (χ1) is 13.3. The number of hydrogen-bond acceptors (Lipinski definition) is 7. The van der Waals surface area contributed by atoms with Crippen molar-refractivity contribution in [2.24, 2.45) is 0 Å². The fraction of sp³-hybridized carbons (Fsp3) is 0.250. The van der Waals surface area contributed by atoms with Crippen molar-refractivity contribution in [1.82, 2.24) is 18.9 Å². The predicted octanol–water partition coefficient (Wildman–Crippen LogP) is 1.06. The van der Waals surface area contributed by atoms with Crippen molar-refractivity contribution >= 4 is 31.1 Å². The van der Waals surface area contributed by atoms with Crippen molar-refractivity contribution in [3.8, 4) is 0 Å². The summed E-state index contributed by atoms with van der Waals surface area (Å²) < 4.78 is 71.3. The number of sulfonamides is 2. The van der Waals surface area contributed by atoms with Crippen molar-refractivity contribution in [3.05, 3.63) is 48.3 Å². The molecule has 0 saturated carbocycles. The number of fused-ring (bicyclic) bond motifs is 1. The Kier molecular flexibility index (Phi) is 4.65. The van der Waals surface area contributed by atoms with Crippen LogP contribution in [0.1, 0.15) is 0 Å². The Hall–Kier alpha value is -2.41. The van der Waals surface area contributed by atoms with Gasteiger partial charge in [0.1, 0.15) is 16.2 Å². The highest BCUT2D eigenvalue weighted by molar-refractivity contribution is 7.89. The molecule has 0 atom stereocenters. The van der Waals surface area contributed by atoms with Crippen LogP contribution in [0.4, 0.5) is 4.39 Å². The molecule has 1 saturated heterocycles. The molecule has 1 aromatic heterocycles. The van der Waals surface area contributed by atoms with Crippen molar-refractivity contribution in [1.29, 1.82) is 0 Å². The topological polar surface area (TPSA) is 114 Å². The molecule has 0 aliphatic carbocycles. The Bertz CT molecular complexity index is 1220. The highest BCUT2D eigenvalue weighted by Gasteiger charge is 2.35. The quantitative estimate of drug-likeness (QED) is 0.613. The van der Waals surface area contributed by atoms with E-state index >= 15 is 0 Å². The number of benzene rings is 2. The zero-order valence-electron chi connectivity index (χ0n) is 14.4. The van der Waals surface area contributed by atoms with E-state index in [-0.39, 0.29) is 41.5 Å². The van der Waals surface area contributed by atoms with Gasteiger partial charge < -0.3 is 0 Å². The molecular weight excluding hydrogens is 411 g/mol. The molecule has 1 fully saturated rings. The Morgan fingerprint density at radius 2 is 1.43 bits per heavy atom. The molecule has 3 aromatic rings. The first kappa shape index (κ1) is 18.9. The van der Waals surface area contributed by atoms with Crippen molar-refractivity contribution in [3.63, 3.8) is 0 Å². The number of nitrogens with zero attached hydrogens (tertiary/aromatic N) is 4. The summed E-state index contributed by atoms with van der Waals surface area (Å²) in [4.78, 5) is -0.0789. The van der Waals surface area contributed by atoms with E-state index in [4.69, 9.17) is 0 Å². The molecule has 1 aliphatic heterocycles. The highest BCUT2D eigenvalue weighted by atomic mass is 32.2. The minimum absolute atomic E-state index is 0.0218. The zero-order chi connectivity index (χ0) is 19.9. The van der Waals surface area contributed by atoms with Gasteiger partial charge in [0.05, 0.1) is 4.90 Å². The van der Waals surface area contributed by atoms with Gasteiger partial charge in [0.15, 0.2) is 5.52 Å². The summed E-state index contributed by atoms with van der Waals surface area (Å²) in [6.07, 6.45) is 0. The Morgan fingerprint density at radius 3 is 2.07 bits per heavy atom. The lowest BCUT2D eigenvalue weighted by atomic mass is 10.3. The summed E-state index contributed by atoms with van der Waals surface area (Å²) in [7, 11) is -7.73. The van der Waals surface area contributed by atoms with Crippen LogP contribution < -0.4 is 0 Å². The van der Waals surface area contributed by atoms with E-state index in [0.29, 0.717) is 5.52 Å². The Labute approximate surface area is 160 Å². The second kappa shape index (κ2) is 6.88. The fourth-order valence-electron chi connectivity index (χ4n) is 3.03. The van der Waals surface area contributed by atoms with E-state index in [9.17, 15) is 21.2 Å². The third-order valence-electron chi connectivity index (χ3n) is 4.52. The highest BCUT2D eigenvalue weighted by Crippen LogP contribution is 2.25. The Balaban J connectivity index is 1.55. The van der Waals surface area contributed by atoms with E-state index in [0.717, 1.165) is 12.1 Å². The van der Waals surface area contributed by atoms with Crippen LogP contribution in [-0.4, -0.2) is 61.9 Å². The molecule has 1 aliphatic rings. The third kappa shape index (κ3) is 3.17. The summed E-state index contributed by atoms with van der Waals surface area (Å²) >= 11 is 0. The van der Waals surface area contributed by atoms with Gasteiger partial charge in [0, 0.05) is 26.2 Å².